The Bertz CT molecular complexity index is 372. The average molecular weight is 239 g/mol. The highest BCUT2D eigenvalue weighted by molar-refractivity contribution is 5.98. The summed E-state index contributed by atoms with van der Waals surface area (Å²) in [5, 5.41) is 7.28. The van der Waals surface area contributed by atoms with Crippen molar-refractivity contribution < 1.29 is 9.53 Å². The van der Waals surface area contributed by atoms with Crippen LogP contribution in [-0.2, 0) is 6.54 Å². The molecule has 0 bridgehead atoms. The summed E-state index contributed by atoms with van der Waals surface area (Å²) in [5.41, 5.74) is 0.558. The Balaban J connectivity index is 2.85. The standard InChI is InChI=1S/C12H21N3O2/c1-5-6-15-12(11(17-4)8-14-15)10(16)7-13-9(2)3/h8-9,13H,5-7H2,1-4H3. The molecule has 1 N–H and O–H groups in total. The van der Waals surface area contributed by atoms with Crippen molar-refractivity contribution in [3.63, 3.8) is 0 Å². The Kier molecular flexibility index (Phi) is 5.15. The minimum absolute atomic E-state index is 0.0153. The monoisotopic (exact) mass is 239 g/mol. The van der Waals surface area contributed by atoms with Crippen LogP contribution in [0.2, 0.25) is 0 Å². The highest BCUT2D eigenvalue weighted by Crippen LogP contribution is 2.18. The summed E-state index contributed by atoms with van der Waals surface area (Å²) in [7, 11) is 1.56. The van der Waals surface area contributed by atoms with Crippen LogP contribution in [0.15, 0.2) is 6.20 Å². The molecule has 1 aromatic rings. The van der Waals surface area contributed by atoms with Crippen LogP contribution in [0.1, 0.15) is 37.7 Å². The highest BCUT2D eigenvalue weighted by Gasteiger charge is 2.18. The molecule has 0 unspecified atom stereocenters. The molecule has 0 aliphatic rings. The third-order valence-corrected chi connectivity index (χ3v) is 2.40. The third-order valence-electron chi connectivity index (χ3n) is 2.40. The van der Waals surface area contributed by atoms with Gasteiger partial charge in [0, 0.05) is 12.6 Å². The topological polar surface area (TPSA) is 56.2 Å². The minimum Gasteiger partial charge on any atom is -0.493 e. The fraction of sp³-hybridized carbons (Fsp3) is 0.667. The van der Waals surface area contributed by atoms with Gasteiger partial charge in [0.05, 0.1) is 19.9 Å². The number of hydrogen-bond acceptors (Lipinski definition) is 4. The van der Waals surface area contributed by atoms with E-state index in [1.807, 2.05) is 13.8 Å². The first-order valence-electron chi connectivity index (χ1n) is 5.96. The number of nitrogens with zero attached hydrogens (tertiary/aromatic N) is 2. The lowest BCUT2D eigenvalue weighted by Crippen LogP contribution is -2.30. The van der Waals surface area contributed by atoms with Crippen molar-refractivity contribution in [2.45, 2.75) is 39.8 Å². The van der Waals surface area contributed by atoms with E-state index in [2.05, 4.69) is 17.3 Å². The van der Waals surface area contributed by atoms with Gasteiger partial charge in [0.2, 0.25) is 0 Å². The van der Waals surface area contributed by atoms with E-state index < -0.39 is 0 Å². The number of ketones is 1. The normalized spacial score (nSPS) is 10.9. The van der Waals surface area contributed by atoms with Crippen molar-refractivity contribution in [2.75, 3.05) is 13.7 Å². The zero-order valence-corrected chi connectivity index (χ0v) is 11.0. The summed E-state index contributed by atoms with van der Waals surface area (Å²) in [6.45, 7) is 7.10. The van der Waals surface area contributed by atoms with Crippen LogP contribution in [0.5, 0.6) is 5.75 Å². The zero-order valence-electron chi connectivity index (χ0n) is 11.0. The SMILES string of the molecule is CCCn1ncc(OC)c1C(=O)CNC(C)C. The second-order valence-electron chi connectivity index (χ2n) is 4.24. The lowest BCUT2D eigenvalue weighted by Gasteiger charge is -2.10. The maximum atomic E-state index is 12.1. The lowest BCUT2D eigenvalue weighted by atomic mass is 10.2. The largest absolute Gasteiger partial charge is 0.493 e. The smallest absolute Gasteiger partial charge is 0.198 e. The van der Waals surface area contributed by atoms with Crippen molar-refractivity contribution in [1.82, 2.24) is 15.1 Å². The first-order valence-corrected chi connectivity index (χ1v) is 5.96. The van der Waals surface area contributed by atoms with Gasteiger partial charge in [-0.1, -0.05) is 20.8 Å². The van der Waals surface area contributed by atoms with Crippen LogP contribution in [0.4, 0.5) is 0 Å². The van der Waals surface area contributed by atoms with Crippen LogP contribution in [0.25, 0.3) is 0 Å². The van der Waals surface area contributed by atoms with E-state index in [0.29, 0.717) is 18.0 Å². The van der Waals surface area contributed by atoms with E-state index in [1.54, 1.807) is 18.0 Å². The Morgan fingerprint density at radius 1 is 1.59 bits per heavy atom. The van der Waals surface area contributed by atoms with Crippen LogP contribution in [0.3, 0.4) is 0 Å². The lowest BCUT2D eigenvalue weighted by molar-refractivity contribution is 0.0975. The van der Waals surface area contributed by atoms with Crippen LogP contribution in [-0.4, -0.2) is 35.3 Å². The summed E-state index contributed by atoms with van der Waals surface area (Å²) < 4.78 is 6.88. The molecule has 0 fully saturated rings. The van der Waals surface area contributed by atoms with Gasteiger partial charge in [-0.2, -0.15) is 5.10 Å². The molecular weight excluding hydrogens is 218 g/mol. The van der Waals surface area contributed by atoms with Gasteiger partial charge in [0.1, 0.15) is 5.69 Å². The number of aromatic nitrogens is 2. The number of ether oxygens (including phenoxy) is 1. The zero-order chi connectivity index (χ0) is 12.8. The van der Waals surface area contributed by atoms with E-state index >= 15 is 0 Å². The van der Waals surface area contributed by atoms with Gasteiger partial charge in [0.15, 0.2) is 11.5 Å². The van der Waals surface area contributed by atoms with Crippen molar-refractivity contribution >= 4 is 5.78 Å². The number of carbonyl (C=O) groups is 1. The van der Waals surface area contributed by atoms with Crippen LogP contribution in [0, 0.1) is 0 Å². The quantitative estimate of drug-likeness (QED) is 0.732. The van der Waals surface area contributed by atoms with Crippen LogP contribution < -0.4 is 10.1 Å². The van der Waals surface area contributed by atoms with E-state index in [1.165, 1.54) is 0 Å². The molecule has 0 atom stereocenters. The molecule has 5 nitrogen and oxygen atoms in total. The maximum Gasteiger partial charge on any atom is 0.198 e. The predicted octanol–water partition coefficient (Wildman–Crippen LogP) is 1.48. The molecule has 0 saturated heterocycles. The predicted molar refractivity (Wildman–Crippen MR) is 66.5 cm³/mol. The summed E-state index contributed by atoms with van der Waals surface area (Å²) in [4.78, 5) is 12.1. The van der Waals surface area contributed by atoms with Gasteiger partial charge < -0.3 is 10.1 Å². The van der Waals surface area contributed by atoms with E-state index in [9.17, 15) is 4.79 Å². The van der Waals surface area contributed by atoms with Crippen molar-refractivity contribution in [1.29, 1.82) is 0 Å². The second-order valence-corrected chi connectivity index (χ2v) is 4.24. The third kappa shape index (κ3) is 3.56. The van der Waals surface area contributed by atoms with Gasteiger partial charge in [0.25, 0.3) is 0 Å². The highest BCUT2D eigenvalue weighted by atomic mass is 16.5. The number of rotatable bonds is 7. The van der Waals surface area contributed by atoms with Gasteiger partial charge in [-0.25, -0.2) is 0 Å². The van der Waals surface area contributed by atoms with E-state index in [0.717, 1.165) is 13.0 Å². The molecule has 0 amide bonds. The maximum absolute atomic E-state index is 12.1. The number of carbonyl (C=O) groups excluding carboxylic acids is 1. The molecule has 0 radical (unpaired) electrons. The molecule has 0 aromatic carbocycles. The Morgan fingerprint density at radius 2 is 2.29 bits per heavy atom. The average Bonchev–Trinajstić information content (AvgIpc) is 2.69. The number of Topliss-reactive ketones (excluding diaryl/α,β-unsaturated/α-hetero) is 1. The van der Waals surface area contributed by atoms with Crippen LogP contribution >= 0.6 is 0 Å². The molecule has 17 heavy (non-hydrogen) atoms. The van der Waals surface area contributed by atoms with Gasteiger partial charge in [-0.05, 0) is 6.42 Å². The molecule has 1 heterocycles. The first kappa shape index (κ1) is 13.7. The molecular formula is C12H21N3O2. The first-order chi connectivity index (χ1) is 8.10. The fourth-order valence-corrected chi connectivity index (χ4v) is 1.56. The molecule has 1 rings (SSSR count). The summed E-state index contributed by atoms with van der Waals surface area (Å²) >= 11 is 0. The van der Waals surface area contributed by atoms with Crippen molar-refractivity contribution in [2.24, 2.45) is 0 Å². The Morgan fingerprint density at radius 3 is 2.82 bits per heavy atom. The number of hydrogen-bond donors (Lipinski definition) is 1. The molecule has 5 heteroatoms. The second kappa shape index (κ2) is 6.39. The minimum atomic E-state index is 0.0153. The Hall–Kier alpha value is -1.36. The van der Waals surface area contributed by atoms with E-state index in [4.69, 9.17) is 4.74 Å². The molecule has 96 valence electrons. The molecule has 0 aliphatic heterocycles. The van der Waals surface area contributed by atoms with Crippen molar-refractivity contribution in [3.05, 3.63) is 11.9 Å². The fourth-order valence-electron chi connectivity index (χ4n) is 1.56. The number of aryl methyl sites for hydroxylation is 1. The van der Waals surface area contributed by atoms with E-state index in [-0.39, 0.29) is 11.8 Å². The van der Waals surface area contributed by atoms with Gasteiger partial charge in [-0.3, -0.25) is 9.48 Å². The molecule has 0 spiro atoms. The Labute approximate surface area is 102 Å². The van der Waals surface area contributed by atoms with Gasteiger partial charge in [-0.15, -0.1) is 0 Å². The number of nitrogens with one attached hydrogen (secondary N) is 1. The van der Waals surface area contributed by atoms with Gasteiger partial charge >= 0.3 is 0 Å². The van der Waals surface area contributed by atoms with Crippen molar-refractivity contribution in [3.8, 4) is 5.75 Å². The summed E-state index contributed by atoms with van der Waals surface area (Å²) in [6.07, 6.45) is 2.53. The summed E-state index contributed by atoms with van der Waals surface area (Å²) in [6, 6.07) is 0.285. The molecule has 1 aromatic heterocycles. The molecule has 0 saturated carbocycles. The summed E-state index contributed by atoms with van der Waals surface area (Å²) in [5.74, 6) is 0.565. The number of methoxy groups -OCH3 is 1. The molecule has 0 aliphatic carbocycles.